The zero-order valence-corrected chi connectivity index (χ0v) is 20.9. The molecule has 1 aromatic heterocycles. The summed E-state index contributed by atoms with van der Waals surface area (Å²) in [6.45, 7) is 0.299. The monoisotopic (exact) mass is 505 g/mol. The highest BCUT2D eigenvalue weighted by Crippen LogP contribution is 2.29. The molecule has 0 aliphatic heterocycles. The van der Waals surface area contributed by atoms with Crippen LogP contribution in [0, 0.1) is 11.8 Å². The number of hydrogen-bond donors (Lipinski definition) is 1. The molecule has 0 spiro atoms. The van der Waals surface area contributed by atoms with Crippen molar-refractivity contribution in [3.05, 3.63) is 119 Å². The maximum absolute atomic E-state index is 11.8. The van der Waals surface area contributed by atoms with Gasteiger partial charge in [0.05, 0.1) is 4.90 Å². The van der Waals surface area contributed by atoms with Crippen molar-refractivity contribution in [2.45, 2.75) is 11.5 Å². The van der Waals surface area contributed by atoms with Crippen molar-refractivity contribution in [2.24, 2.45) is 0 Å². The Morgan fingerprint density at radius 1 is 0.892 bits per heavy atom. The third-order valence-electron chi connectivity index (χ3n) is 6.00. The van der Waals surface area contributed by atoms with Crippen molar-refractivity contribution in [1.82, 2.24) is 4.98 Å². The van der Waals surface area contributed by atoms with Crippen LogP contribution in [0.25, 0.3) is 22.0 Å². The molecule has 5 rings (SSSR count). The molecule has 0 amide bonds. The molecule has 1 N–H and O–H groups in total. The number of aromatic amines is 1. The summed E-state index contributed by atoms with van der Waals surface area (Å²) in [6, 6.07) is 27.7. The minimum absolute atomic E-state index is 0.224. The topological polar surface area (TPSA) is 76.2 Å². The van der Waals surface area contributed by atoms with Crippen molar-refractivity contribution in [3.63, 3.8) is 0 Å². The minimum atomic E-state index is -3.29. The third-order valence-corrected chi connectivity index (χ3v) is 7.11. The van der Waals surface area contributed by atoms with E-state index < -0.39 is 9.84 Å². The summed E-state index contributed by atoms with van der Waals surface area (Å²) in [7, 11) is -3.29. The van der Waals surface area contributed by atoms with Crippen LogP contribution in [0.5, 0.6) is 5.75 Å². The summed E-state index contributed by atoms with van der Waals surface area (Å²) in [5.41, 5.74) is 5.84. The van der Waals surface area contributed by atoms with Gasteiger partial charge in [0.25, 0.3) is 0 Å². The Morgan fingerprint density at radius 2 is 1.70 bits per heavy atom. The molecule has 4 aromatic carbocycles. The van der Waals surface area contributed by atoms with E-state index in [9.17, 15) is 13.2 Å². The van der Waals surface area contributed by atoms with E-state index in [1.54, 1.807) is 24.3 Å². The summed E-state index contributed by atoms with van der Waals surface area (Å²) in [4.78, 5) is 15.3. The van der Waals surface area contributed by atoms with Gasteiger partial charge in [-0.05, 0) is 65.0 Å². The summed E-state index contributed by atoms with van der Waals surface area (Å²) in [6.07, 6.45) is 3.92. The predicted molar refractivity (Wildman–Crippen MR) is 145 cm³/mol. The van der Waals surface area contributed by atoms with E-state index >= 15 is 0 Å². The van der Waals surface area contributed by atoms with E-state index in [1.165, 1.54) is 12.3 Å². The Bertz CT molecular complexity index is 1770. The van der Waals surface area contributed by atoms with Gasteiger partial charge in [0.1, 0.15) is 12.4 Å². The Kier molecular flexibility index (Phi) is 6.63. The number of benzene rings is 4. The molecule has 0 aliphatic rings. The normalized spacial score (nSPS) is 11.1. The number of fused-ring (bicyclic) bond motifs is 1. The van der Waals surface area contributed by atoms with Gasteiger partial charge in [-0.15, -0.1) is 0 Å². The number of hydrogen-bond acceptors (Lipinski definition) is 4. The lowest BCUT2D eigenvalue weighted by atomic mass is 9.94. The molecule has 5 nitrogen and oxygen atoms in total. The van der Waals surface area contributed by atoms with E-state index in [-0.39, 0.29) is 4.90 Å². The number of sulfone groups is 1. The molecule has 1 heterocycles. The largest absolute Gasteiger partial charge is 0.489 e. The van der Waals surface area contributed by atoms with Crippen LogP contribution in [0.3, 0.4) is 0 Å². The Labute approximate surface area is 215 Å². The van der Waals surface area contributed by atoms with Crippen molar-refractivity contribution < 1.29 is 17.9 Å². The zero-order chi connectivity index (χ0) is 25.8. The number of H-pyrrole nitrogens is 1. The van der Waals surface area contributed by atoms with Gasteiger partial charge in [-0.2, -0.15) is 0 Å². The Morgan fingerprint density at radius 3 is 2.49 bits per heavy atom. The second-order valence-corrected chi connectivity index (χ2v) is 10.7. The molecule has 182 valence electrons. The van der Waals surface area contributed by atoms with E-state index in [0.717, 1.165) is 45.0 Å². The number of nitrogens with one attached hydrogen (secondary N) is 1. The van der Waals surface area contributed by atoms with Gasteiger partial charge in [0, 0.05) is 40.2 Å². The molecule has 0 saturated carbocycles. The summed E-state index contributed by atoms with van der Waals surface area (Å²) in [5, 5.41) is 1.10. The first-order valence-electron chi connectivity index (χ1n) is 11.6. The van der Waals surface area contributed by atoms with E-state index in [1.807, 2.05) is 66.9 Å². The van der Waals surface area contributed by atoms with Gasteiger partial charge in [0.15, 0.2) is 16.1 Å². The maximum Gasteiger partial charge on any atom is 0.175 e. The van der Waals surface area contributed by atoms with Crippen LogP contribution in [0.4, 0.5) is 0 Å². The highest BCUT2D eigenvalue weighted by atomic mass is 32.2. The first-order valence-corrected chi connectivity index (χ1v) is 13.5. The Hall–Kier alpha value is -4.60. The first kappa shape index (κ1) is 24.1. The second kappa shape index (κ2) is 10.2. The molecule has 0 unspecified atom stereocenters. The van der Waals surface area contributed by atoms with Crippen LogP contribution in [0.2, 0.25) is 0 Å². The van der Waals surface area contributed by atoms with Gasteiger partial charge in [-0.25, -0.2) is 8.42 Å². The lowest BCUT2D eigenvalue weighted by Crippen LogP contribution is -1.99. The van der Waals surface area contributed by atoms with E-state index in [4.69, 9.17) is 4.74 Å². The van der Waals surface area contributed by atoms with Crippen molar-refractivity contribution in [3.8, 4) is 28.7 Å². The predicted octanol–water partition coefficient (Wildman–Crippen LogP) is 6.03. The SMILES string of the molecule is CS(=O)(=O)c1cccc(OCc2ccc(C#Cc3cccc(C=O)c3-c3ccc4cc[nH]c4c3)cc2)c1. The molecule has 0 fully saturated rings. The van der Waals surface area contributed by atoms with Gasteiger partial charge >= 0.3 is 0 Å². The van der Waals surface area contributed by atoms with Crippen molar-refractivity contribution >= 4 is 27.0 Å². The molecule has 5 aromatic rings. The summed E-state index contributed by atoms with van der Waals surface area (Å²) >= 11 is 0. The second-order valence-electron chi connectivity index (χ2n) is 8.65. The van der Waals surface area contributed by atoms with E-state index in [0.29, 0.717) is 17.9 Å². The lowest BCUT2D eigenvalue weighted by molar-refractivity contribution is 0.112. The third kappa shape index (κ3) is 5.48. The van der Waals surface area contributed by atoms with Crippen LogP contribution in [-0.4, -0.2) is 25.9 Å². The smallest absolute Gasteiger partial charge is 0.175 e. The quantitative estimate of drug-likeness (QED) is 0.226. The fraction of sp³-hybridized carbons (Fsp3) is 0.0645. The highest BCUT2D eigenvalue weighted by Gasteiger charge is 2.11. The van der Waals surface area contributed by atoms with Crippen molar-refractivity contribution in [2.75, 3.05) is 6.26 Å². The number of aldehydes is 1. The number of carbonyl (C=O) groups is 1. The van der Waals surface area contributed by atoms with Gasteiger partial charge in [-0.1, -0.05) is 54.3 Å². The number of aromatic nitrogens is 1. The first-order chi connectivity index (χ1) is 17.9. The van der Waals surface area contributed by atoms with Crippen LogP contribution in [0.1, 0.15) is 27.0 Å². The molecule has 0 saturated heterocycles. The molecule has 37 heavy (non-hydrogen) atoms. The number of rotatable bonds is 6. The fourth-order valence-electron chi connectivity index (χ4n) is 4.08. The van der Waals surface area contributed by atoms with Crippen LogP contribution in [0.15, 0.2) is 102 Å². The van der Waals surface area contributed by atoms with E-state index in [2.05, 4.69) is 16.8 Å². The van der Waals surface area contributed by atoms with Gasteiger partial charge in [-0.3, -0.25) is 4.79 Å². The minimum Gasteiger partial charge on any atom is -0.489 e. The van der Waals surface area contributed by atoms with Crippen LogP contribution in [-0.2, 0) is 16.4 Å². The molecule has 0 aliphatic carbocycles. The molecule has 0 atom stereocenters. The summed E-state index contributed by atoms with van der Waals surface area (Å²) in [5.74, 6) is 6.93. The number of ether oxygens (including phenoxy) is 1. The van der Waals surface area contributed by atoms with Crippen LogP contribution < -0.4 is 4.74 Å². The average Bonchev–Trinajstić information content (AvgIpc) is 3.39. The highest BCUT2D eigenvalue weighted by molar-refractivity contribution is 7.90. The van der Waals surface area contributed by atoms with Crippen LogP contribution >= 0.6 is 0 Å². The molecule has 6 heteroatoms. The zero-order valence-electron chi connectivity index (χ0n) is 20.1. The van der Waals surface area contributed by atoms with Crippen molar-refractivity contribution in [1.29, 1.82) is 0 Å². The molecular formula is C31H23NO4S. The van der Waals surface area contributed by atoms with Gasteiger partial charge in [0.2, 0.25) is 0 Å². The van der Waals surface area contributed by atoms with Gasteiger partial charge < -0.3 is 9.72 Å². The molecule has 0 bridgehead atoms. The molecular weight excluding hydrogens is 482 g/mol. The number of carbonyl (C=O) groups excluding carboxylic acids is 1. The average molecular weight is 506 g/mol. The fourth-order valence-corrected chi connectivity index (χ4v) is 4.74. The maximum atomic E-state index is 11.8. The summed E-state index contributed by atoms with van der Waals surface area (Å²) < 4.78 is 29.3. The lowest BCUT2D eigenvalue weighted by Gasteiger charge is -2.09. The molecule has 0 radical (unpaired) electrons. The Balaban J connectivity index is 1.36. The standard InChI is InChI=1S/C31H23NO4S/c1-37(34,35)29-7-3-6-28(19-29)36-21-23-10-8-22(9-11-23)12-13-25-4-2-5-27(20-33)31(25)26-15-14-24-16-17-32-30(24)18-26/h2-11,14-20,32H,21H2,1H3.